The van der Waals surface area contributed by atoms with Gasteiger partial charge in [0.15, 0.2) is 0 Å². The normalized spacial score (nSPS) is 11.4. The smallest absolute Gasteiger partial charge is 0.0540 e. The van der Waals surface area contributed by atoms with E-state index in [-0.39, 0.29) is 0 Å². The highest BCUT2D eigenvalue weighted by Crippen LogP contribution is 2.45. The molecule has 0 atom stereocenters. The van der Waals surface area contributed by atoms with Crippen LogP contribution in [0.15, 0.2) is 255 Å². The lowest BCUT2D eigenvalue weighted by Crippen LogP contribution is -2.10. The molecule has 2 heteroatoms. The molecule has 0 spiro atoms. The average Bonchev–Trinajstić information content (AvgIpc) is 3.37. The van der Waals surface area contributed by atoms with Crippen molar-refractivity contribution < 1.29 is 0 Å². The molecule has 2 nitrogen and oxygen atoms in total. The second kappa shape index (κ2) is 15.8. The summed E-state index contributed by atoms with van der Waals surface area (Å²) in [5.74, 6) is 0. The summed E-state index contributed by atoms with van der Waals surface area (Å²) in [6.07, 6.45) is 0. The standard InChI is InChI=1S/C62H42N2/c1-3-21-48(22-4-1)63(60-31-15-19-43-17-7-9-25-52(43)60)50-37-33-45(34-38-50)58-41-47-42-59(55-28-12-14-30-57(55)62(47)56-29-13-11-27-54(56)58)46-35-39-51(40-36-46)64(49-23-5-2-6-24-49)61-32-16-20-44-18-8-10-26-53(44)61/h1-42H. The summed E-state index contributed by atoms with van der Waals surface area (Å²) in [5, 5.41) is 12.4. The highest BCUT2D eigenvalue weighted by Gasteiger charge is 2.19. The number of anilines is 6. The summed E-state index contributed by atoms with van der Waals surface area (Å²) in [6, 6.07) is 92.6. The molecule has 0 aliphatic heterocycles. The fourth-order valence-electron chi connectivity index (χ4n) is 9.85. The summed E-state index contributed by atoms with van der Waals surface area (Å²) in [5.41, 5.74) is 11.6. The first-order chi connectivity index (χ1) is 31.8. The minimum atomic E-state index is 1.11. The maximum Gasteiger partial charge on any atom is 0.0540 e. The minimum Gasteiger partial charge on any atom is -0.310 e. The van der Waals surface area contributed by atoms with Crippen LogP contribution in [0.4, 0.5) is 34.1 Å². The molecule has 0 heterocycles. The van der Waals surface area contributed by atoms with E-state index in [9.17, 15) is 0 Å². The van der Waals surface area contributed by atoms with Crippen LogP contribution in [0.2, 0.25) is 0 Å². The molecule has 0 aliphatic carbocycles. The predicted molar refractivity (Wildman–Crippen MR) is 274 cm³/mol. The molecule has 0 unspecified atom stereocenters. The Morgan fingerprint density at radius 1 is 0.219 bits per heavy atom. The topological polar surface area (TPSA) is 6.48 Å². The zero-order valence-electron chi connectivity index (χ0n) is 35.1. The molecule has 64 heavy (non-hydrogen) atoms. The maximum absolute atomic E-state index is 2.41. The molecule has 12 aromatic rings. The van der Waals surface area contributed by atoms with Gasteiger partial charge in [0, 0.05) is 33.5 Å². The largest absolute Gasteiger partial charge is 0.310 e. The molecular formula is C62H42N2. The van der Waals surface area contributed by atoms with Crippen molar-refractivity contribution in [1.82, 2.24) is 0 Å². The molecule has 0 aromatic heterocycles. The van der Waals surface area contributed by atoms with Crippen molar-refractivity contribution in [3.05, 3.63) is 255 Å². The monoisotopic (exact) mass is 814 g/mol. The van der Waals surface area contributed by atoms with Gasteiger partial charge in [-0.05, 0) is 138 Å². The second-order valence-corrected chi connectivity index (χ2v) is 16.5. The summed E-state index contributed by atoms with van der Waals surface area (Å²) in [6.45, 7) is 0. The van der Waals surface area contributed by atoms with Crippen molar-refractivity contribution in [2.24, 2.45) is 0 Å². The SMILES string of the molecule is c1ccc(N(c2ccc(-c3cc4cc(-c5ccc(N(c6ccccc6)c6cccc7ccccc67)cc5)c5ccccc5c4c4ccccc34)cc2)c2cccc3ccccc23)cc1. The molecule has 12 rings (SSSR count). The van der Waals surface area contributed by atoms with Gasteiger partial charge in [0.1, 0.15) is 0 Å². The highest BCUT2D eigenvalue weighted by atomic mass is 15.1. The first-order valence-electron chi connectivity index (χ1n) is 22.0. The molecule has 0 saturated carbocycles. The average molecular weight is 815 g/mol. The van der Waals surface area contributed by atoms with Gasteiger partial charge < -0.3 is 9.80 Å². The van der Waals surface area contributed by atoms with E-state index in [1.807, 2.05) is 0 Å². The van der Waals surface area contributed by atoms with E-state index in [1.54, 1.807) is 0 Å². The van der Waals surface area contributed by atoms with Crippen LogP contribution in [0.5, 0.6) is 0 Å². The Kier molecular flexibility index (Phi) is 9.20. The maximum atomic E-state index is 2.41. The van der Waals surface area contributed by atoms with Crippen molar-refractivity contribution in [2.75, 3.05) is 9.80 Å². The lowest BCUT2D eigenvalue weighted by Gasteiger charge is -2.27. The number of para-hydroxylation sites is 2. The highest BCUT2D eigenvalue weighted by molar-refractivity contribution is 6.25. The van der Waals surface area contributed by atoms with Gasteiger partial charge >= 0.3 is 0 Å². The van der Waals surface area contributed by atoms with Gasteiger partial charge in [-0.3, -0.25) is 0 Å². The van der Waals surface area contributed by atoms with Crippen LogP contribution in [-0.4, -0.2) is 0 Å². The number of rotatable bonds is 8. The molecule has 0 aliphatic rings. The lowest BCUT2D eigenvalue weighted by atomic mass is 9.87. The Morgan fingerprint density at radius 2 is 0.547 bits per heavy atom. The number of hydrogen-bond donors (Lipinski definition) is 0. The van der Waals surface area contributed by atoms with Crippen molar-refractivity contribution >= 4 is 88.0 Å². The van der Waals surface area contributed by atoms with E-state index >= 15 is 0 Å². The molecule has 300 valence electrons. The molecule has 0 saturated heterocycles. The van der Waals surface area contributed by atoms with Gasteiger partial charge in [0.05, 0.1) is 11.4 Å². The van der Waals surface area contributed by atoms with Crippen molar-refractivity contribution in [3.8, 4) is 22.3 Å². The number of benzene rings is 12. The quantitative estimate of drug-likeness (QED) is 0.141. The van der Waals surface area contributed by atoms with Crippen LogP contribution in [0.25, 0.3) is 76.1 Å². The first kappa shape index (κ1) is 37.3. The molecular weight excluding hydrogens is 773 g/mol. The van der Waals surface area contributed by atoms with E-state index in [0.29, 0.717) is 0 Å². The van der Waals surface area contributed by atoms with Gasteiger partial charge in [-0.15, -0.1) is 0 Å². The van der Waals surface area contributed by atoms with E-state index in [0.717, 1.165) is 34.1 Å². The first-order valence-corrected chi connectivity index (χ1v) is 22.0. The summed E-state index contributed by atoms with van der Waals surface area (Å²) < 4.78 is 0. The fraction of sp³-hybridized carbons (Fsp3) is 0. The Balaban J connectivity index is 0.987. The van der Waals surface area contributed by atoms with Gasteiger partial charge in [-0.25, -0.2) is 0 Å². The molecule has 0 bridgehead atoms. The molecule has 12 aromatic carbocycles. The Hall–Kier alpha value is -8.46. The number of nitrogens with zero attached hydrogens (tertiary/aromatic N) is 2. The number of fused-ring (bicyclic) bond motifs is 7. The van der Waals surface area contributed by atoms with Crippen LogP contribution in [0.3, 0.4) is 0 Å². The lowest BCUT2D eigenvalue weighted by molar-refractivity contribution is 1.30. The van der Waals surface area contributed by atoms with E-state index in [2.05, 4.69) is 265 Å². The van der Waals surface area contributed by atoms with Gasteiger partial charge in [0.25, 0.3) is 0 Å². The van der Waals surface area contributed by atoms with Gasteiger partial charge in [-0.2, -0.15) is 0 Å². The van der Waals surface area contributed by atoms with Gasteiger partial charge in [-0.1, -0.05) is 182 Å². The molecule has 0 amide bonds. The third kappa shape index (κ3) is 6.44. The molecule has 0 radical (unpaired) electrons. The minimum absolute atomic E-state index is 1.11. The van der Waals surface area contributed by atoms with E-state index in [1.165, 1.54) is 76.1 Å². The third-order valence-electron chi connectivity index (χ3n) is 12.8. The van der Waals surface area contributed by atoms with Gasteiger partial charge in [0.2, 0.25) is 0 Å². The molecule has 0 fully saturated rings. The van der Waals surface area contributed by atoms with Crippen LogP contribution in [0, 0.1) is 0 Å². The van der Waals surface area contributed by atoms with Crippen molar-refractivity contribution in [3.63, 3.8) is 0 Å². The zero-order valence-corrected chi connectivity index (χ0v) is 35.1. The van der Waals surface area contributed by atoms with Crippen LogP contribution >= 0.6 is 0 Å². The molecule has 0 N–H and O–H groups in total. The fourth-order valence-corrected chi connectivity index (χ4v) is 9.85. The predicted octanol–water partition coefficient (Wildman–Crippen LogP) is 17.7. The summed E-state index contributed by atoms with van der Waals surface area (Å²) in [4.78, 5) is 4.74. The Bertz CT molecular complexity index is 3400. The van der Waals surface area contributed by atoms with Crippen molar-refractivity contribution in [2.45, 2.75) is 0 Å². The summed E-state index contributed by atoms with van der Waals surface area (Å²) >= 11 is 0. The van der Waals surface area contributed by atoms with Crippen LogP contribution < -0.4 is 9.80 Å². The van der Waals surface area contributed by atoms with E-state index in [4.69, 9.17) is 0 Å². The van der Waals surface area contributed by atoms with Crippen molar-refractivity contribution in [1.29, 1.82) is 0 Å². The number of hydrogen-bond acceptors (Lipinski definition) is 2. The third-order valence-corrected chi connectivity index (χ3v) is 12.8. The second-order valence-electron chi connectivity index (χ2n) is 16.5. The van der Waals surface area contributed by atoms with Crippen LogP contribution in [0.1, 0.15) is 0 Å². The van der Waals surface area contributed by atoms with Crippen LogP contribution in [-0.2, 0) is 0 Å². The Labute approximate surface area is 373 Å². The zero-order chi connectivity index (χ0) is 42.4. The summed E-state index contributed by atoms with van der Waals surface area (Å²) in [7, 11) is 0. The van der Waals surface area contributed by atoms with E-state index < -0.39 is 0 Å². The Morgan fingerprint density at radius 3 is 0.969 bits per heavy atom.